The Hall–Kier alpha value is -0.240. The molecule has 0 radical (unpaired) electrons. The van der Waals surface area contributed by atoms with E-state index < -0.39 is 0 Å². The Morgan fingerprint density at radius 2 is 0.849 bits per heavy atom. The highest BCUT2D eigenvalue weighted by molar-refractivity contribution is 4.81. The van der Waals surface area contributed by atoms with Crippen molar-refractivity contribution < 1.29 is 23.7 Å². The first-order valence-corrected chi connectivity index (χ1v) is 23.7. The summed E-state index contributed by atoms with van der Waals surface area (Å²) in [7, 11) is 1.84. The second-order valence-electron chi connectivity index (χ2n) is 16.2. The van der Waals surface area contributed by atoms with Gasteiger partial charge in [-0.25, -0.2) is 0 Å². The van der Waals surface area contributed by atoms with Crippen LogP contribution in [0.5, 0.6) is 0 Å². The summed E-state index contributed by atoms with van der Waals surface area (Å²) in [4.78, 5) is 0. The molecule has 53 heavy (non-hydrogen) atoms. The molecule has 6 nitrogen and oxygen atoms in total. The second kappa shape index (κ2) is 40.0. The summed E-state index contributed by atoms with van der Waals surface area (Å²) in [5.41, 5.74) is -0.170. The van der Waals surface area contributed by atoms with Gasteiger partial charge in [-0.05, 0) is 57.9 Å². The van der Waals surface area contributed by atoms with Crippen molar-refractivity contribution in [3.63, 3.8) is 0 Å². The molecule has 0 aromatic heterocycles. The van der Waals surface area contributed by atoms with Gasteiger partial charge >= 0.3 is 0 Å². The Labute approximate surface area is 333 Å². The second-order valence-corrected chi connectivity index (χ2v) is 16.2. The molecular formula is C47H97NO5. The lowest BCUT2D eigenvalue weighted by molar-refractivity contribution is -0.0950. The van der Waals surface area contributed by atoms with Crippen LogP contribution in [-0.4, -0.2) is 70.7 Å². The highest BCUT2D eigenvalue weighted by Gasteiger charge is 2.30. The molecule has 0 bridgehead atoms. The third kappa shape index (κ3) is 31.5. The number of nitrogens with one attached hydrogen (secondary N) is 1. The van der Waals surface area contributed by atoms with Crippen molar-refractivity contribution in [1.29, 1.82) is 0 Å². The van der Waals surface area contributed by atoms with E-state index in [0.29, 0.717) is 19.9 Å². The lowest BCUT2D eigenvalue weighted by Crippen LogP contribution is -2.38. The third-order valence-electron chi connectivity index (χ3n) is 12.0. The molecule has 320 valence electrons. The Morgan fingerprint density at radius 1 is 0.434 bits per heavy atom. The van der Waals surface area contributed by atoms with Crippen LogP contribution in [0.2, 0.25) is 0 Å². The van der Waals surface area contributed by atoms with Crippen LogP contribution in [-0.2, 0) is 23.7 Å². The minimum absolute atomic E-state index is 0.00581. The van der Waals surface area contributed by atoms with Gasteiger partial charge in [-0.15, -0.1) is 0 Å². The van der Waals surface area contributed by atoms with Crippen molar-refractivity contribution in [1.82, 2.24) is 5.32 Å². The van der Waals surface area contributed by atoms with E-state index in [4.69, 9.17) is 23.7 Å². The Morgan fingerprint density at radius 3 is 1.28 bits per heavy atom. The normalized spacial score (nSPS) is 13.0. The topological polar surface area (TPSA) is 58.2 Å². The van der Waals surface area contributed by atoms with E-state index >= 15 is 0 Å². The lowest BCUT2D eigenvalue weighted by atomic mass is 9.91. The quantitative estimate of drug-likeness (QED) is 0.0493. The minimum atomic E-state index is -0.102. The molecule has 0 rings (SSSR count). The molecule has 1 N–H and O–H groups in total. The van der Waals surface area contributed by atoms with Crippen LogP contribution < -0.4 is 5.32 Å². The average Bonchev–Trinajstić information content (AvgIpc) is 3.18. The van der Waals surface area contributed by atoms with E-state index in [9.17, 15) is 0 Å². The summed E-state index contributed by atoms with van der Waals surface area (Å²) < 4.78 is 31.0. The maximum absolute atomic E-state index is 6.57. The summed E-state index contributed by atoms with van der Waals surface area (Å²) in [6.45, 7) is 18.5. The van der Waals surface area contributed by atoms with Crippen molar-refractivity contribution in [2.45, 2.75) is 251 Å². The molecule has 0 fully saturated rings. The Kier molecular flexibility index (Phi) is 39.8. The maximum Gasteiger partial charge on any atom is 0.104 e. The van der Waals surface area contributed by atoms with Crippen LogP contribution in [0.15, 0.2) is 0 Å². The van der Waals surface area contributed by atoms with Gasteiger partial charge in [0.05, 0.1) is 37.8 Å². The van der Waals surface area contributed by atoms with Crippen molar-refractivity contribution in [2.75, 3.05) is 53.4 Å². The maximum atomic E-state index is 6.57. The molecule has 0 aromatic rings. The first kappa shape index (κ1) is 52.8. The molecule has 0 aromatic carbocycles. The van der Waals surface area contributed by atoms with Crippen molar-refractivity contribution in [2.24, 2.45) is 0 Å². The molecule has 1 atom stereocenters. The summed E-state index contributed by atoms with van der Waals surface area (Å²) >= 11 is 0. The molecule has 0 aliphatic carbocycles. The fraction of sp³-hybridized carbons (Fsp3) is 1.00. The lowest BCUT2D eigenvalue weighted by Gasteiger charge is -2.35. The molecule has 0 amide bonds. The molecule has 0 heterocycles. The van der Waals surface area contributed by atoms with E-state index in [0.717, 1.165) is 77.7 Å². The standard InChI is InChI=1S/C47H97NO5/c1-8-14-16-18-20-22-24-26-28-30-32-34-39-50-42-45(52-40-35-33-31-29-27-25-23-21-19-17-15-9-2)43-51-44-48-38-36-47(12-5,13-6)53-41-37-46(10-3,11-4)49-7/h45,48H,8-44H2,1-7H3. The highest BCUT2D eigenvalue weighted by atomic mass is 16.6. The van der Waals surface area contributed by atoms with Gasteiger partial charge in [-0.1, -0.05) is 183 Å². The predicted molar refractivity (Wildman–Crippen MR) is 230 cm³/mol. The predicted octanol–water partition coefficient (Wildman–Crippen LogP) is 13.9. The van der Waals surface area contributed by atoms with Crippen molar-refractivity contribution in [3.05, 3.63) is 0 Å². The fourth-order valence-electron chi connectivity index (χ4n) is 7.58. The van der Waals surface area contributed by atoms with E-state index in [2.05, 4.69) is 46.9 Å². The zero-order valence-electron chi connectivity index (χ0n) is 37.3. The average molecular weight is 756 g/mol. The molecule has 0 aliphatic rings. The summed E-state index contributed by atoms with van der Waals surface area (Å²) in [6.07, 6.45) is 38.7. The number of hydrogen-bond acceptors (Lipinski definition) is 6. The van der Waals surface area contributed by atoms with Crippen molar-refractivity contribution in [3.8, 4) is 0 Å². The molecule has 0 aliphatic heterocycles. The summed E-state index contributed by atoms with van der Waals surface area (Å²) in [5.74, 6) is 0. The van der Waals surface area contributed by atoms with E-state index in [1.54, 1.807) is 0 Å². The molecular weight excluding hydrogens is 659 g/mol. The van der Waals surface area contributed by atoms with Gasteiger partial charge in [0, 0.05) is 20.3 Å². The largest absolute Gasteiger partial charge is 0.379 e. The Bertz CT molecular complexity index is 690. The molecule has 6 heteroatoms. The monoisotopic (exact) mass is 756 g/mol. The first-order chi connectivity index (χ1) is 26.0. The molecule has 0 saturated carbocycles. The molecule has 1 unspecified atom stereocenters. The van der Waals surface area contributed by atoms with Gasteiger partial charge in [-0.2, -0.15) is 0 Å². The zero-order valence-corrected chi connectivity index (χ0v) is 37.3. The SMILES string of the molecule is CCCCCCCCCCCCCCOCC(COCNCCC(CC)(CC)OCCC(CC)(CC)OC)OCCCCCCCCCCCCCC. The smallest absolute Gasteiger partial charge is 0.104 e. The van der Waals surface area contributed by atoms with Crippen LogP contribution >= 0.6 is 0 Å². The van der Waals surface area contributed by atoms with Crippen LogP contribution in [0.3, 0.4) is 0 Å². The van der Waals surface area contributed by atoms with Crippen LogP contribution in [0.4, 0.5) is 0 Å². The Balaban J connectivity index is 4.40. The van der Waals surface area contributed by atoms with Gasteiger partial charge < -0.3 is 23.7 Å². The van der Waals surface area contributed by atoms with Gasteiger partial charge in [0.25, 0.3) is 0 Å². The van der Waals surface area contributed by atoms with Crippen molar-refractivity contribution >= 4 is 0 Å². The highest BCUT2D eigenvalue weighted by Crippen LogP contribution is 2.29. The van der Waals surface area contributed by atoms with E-state index in [-0.39, 0.29) is 17.3 Å². The summed E-state index contributed by atoms with van der Waals surface area (Å²) in [5, 5.41) is 3.52. The first-order valence-electron chi connectivity index (χ1n) is 23.7. The van der Waals surface area contributed by atoms with Crippen LogP contribution in [0.1, 0.15) is 234 Å². The van der Waals surface area contributed by atoms with Gasteiger partial charge in [0.15, 0.2) is 0 Å². The van der Waals surface area contributed by atoms with Crippen LogP contribution in [0.25, 0.3) is 0 Å². The fourth-order valence-corrected chi connectivity index (χ4v) is 7.58. The number of rotatable bonds is 45. The van der Waals surface area contributed by atoms with Gasteiger partial charge in [-0.3, -0.25) is 5.32 Å². The number of unbranched alkanes of at least 4 members (excludes halogenated alkanes) is 22. The van der Waals surface area contributed by atoms with Crippen LogP contribution in [0, 0.1) is 0 Å². The molecule has 0 spiro atoms. The van der Waals surface area contributed by atoms with Gasteiger partial charge in [0.2, 0.25) is 0 Å². The van der Waals surface area contributed by atoms with E-state index in [1.807, 2.05) is 7.11 Å². The summed E-state index contributed by atoms with van der Waals surface area (Å²) in [6, 6.07) is 0. The number of methoxy groups -OCH3 is 1. The van der Waals surface area contributed by atoms with Gasteiger partial charge in [0.1, 0.15) is 6.10 Å². The third-order valence-corrected chi connectivity index (χ3v) is 12.0. The minimum Gasteiger partial charge on any atom is -0.379 e. The molecule has 0 saturated heterocycles. The van der Waals surface area contributed by atoms with E-state index in [1.165, 1.54) is 141 Å². The zero-order chi connectivity index (χ0) is 39.0. The number of ether oxygens (including phenoxy) is 5. The number of hydrogen-bond donors (Lipinski definition) is 1.